The lowest BCUT2D eigenvalue weighted by Crippen LogP contribution is -2.43. The van der Waals surface area contributed by atoms with Gasteiger partial charge < -0.3 is 10.4 Å². The van der Waals surface area contributed by atoms with Crippen molar-refractivity contribution in [3.63, 3.8) is 0 Å². The fraction of sp³-hybridized carbons (Fsp3) is 0.923. The van der Waals surface area contributed by atoms with Crippen molar-refractivity contribution in [3.05, 3.63) is 0 Å². The summed E-state index contributed by atoms with van der Waals surface area (Å²) in [4.78, 5) is 11.1. The van der Waals surface area contributed by atoms with Crippen LogP contribution in [0.4, 0.5) is 0 Å². The van der Waals surface area contributed by atoms with Gasteiger partial charge in [0.2, 0.25) is 0 Å². The summed E-state index contributed by atoms with van der Waals surface area (Å²) in [7, 11) is 0. The number of hydrogen-bond acceptors (Lipinski definition) is 2. The van der Waals surface area contributed by atoms with Crippen molar-refractivity contribution < 1.29 is 9.90 Å². The van der Waals surface area contributed by atoms with E-state index in [1.165, 1.54) is 25.7 Å². The lowest BCUT2D eigenvalue weighted by Gasteiger charge is -2.21. The van der Waals surface area contributed by atoms with Crippen molar-refractivity contribution >= 4 is 5.97 Å². The molecule has 2 N–H and O–H groups in total. The Morgan fingerprint density at radius 2 is 1.94 bits per heavy atom. The van der Waals surface area contributed by atoms with Crippen LogP contribution in [0.25, 0.3) is 0 Å². The normalized spacial score (nSPS) is 20.3. The van der Waals surface area contributed by atoms with Crippen molar-refractivity contribution in [2.45, 2.75) is 76.8 Å². The molecular formula is C13H25NO2. The summed E-state index contributed by atoms with van der Waals surface area (Å²) in [6, 6.07) is 0.100. The van der Waals surface area contributed by atoms with Gasteiger partial charge in [-0.15, -0.1) is 0 Å². The Balaban J connectivity index is 2.36. The number of unbranched alkanes of at least 4 members (excludes halogenated alkanes) is 1. The number of hydrogen-bond donors (Lipinski definition) is 2. The lowest BCUT2D eigenvalue weighted by atomic mass is 10.0. The van der Waals surface area contributed by atoms with Gasteiger partial charge in [0.25, 0.3) is 0 Å². The van der Waals surface area contributed by atoms with E-state index in [4.69, 9.17) is 5.11 Å². The summed E-state index contributed by atoms with van der Waals surface area (Å²) in [6.45, 7) is 2.10. The van der Waals surface area contributed by atoms with Crippen LogP contribution in [0.3, 0.4) is 0 Å². The second-order valence-electron chi connectivity index (χ2n) is 4.89. The van der Waals surface area contributed by atoms with Crippen molar-refractivity contribution in [1.29, 1.82) is 0 Å². The van der Waals surface area contributed by atoms with Gasteiger partial charge in [-0.3, -0.25) is 4.79 Å². The van der Waals surface area contributed by atoms with Gasteiger partial charge in [-0.05, 0) is 19.3 Å². The van der Waals surface area contributed by atoms with E-state index < -0.39 is 5.97 Å². The Kier molecular flexibility index (Phi) is 6.46. The maximum atomic E-state index is 11.1. The Morgan fingerprint density at radius 1 is 1.31 bits per heavy atom. The molecule has 1 aliphatic rings. The van der Waals surface area contributed by atoms with Gasteiger partial charge in [-0.2, -0.15) is 0 Å². The van der Waals surface area contributed by atoms with Crippen molar-refractivity contribution in [3.8, 4) is 0 Å². The molecule has 0 aliphatic heterocycles. The maximum absolute atomic E-state index is 11.1. The molecule has 0 unspecified atom stereocenters. The van der Waals surface area contributed by atoms with Crippen LogP contribution in [0.1, 0.15) is 64.7 Å². The first kappa shape index (κ1) is 13.5. The van der Waals surface area contributed by atoms with Crippen molar-refractivity contribution in [1.82, 2.24) is 5.32 Å². The summed E-state index contributed by atoms with van der Waals surface area (Å²) < 4.78 is 0. The highest BCUT2D eigenvalue weighted by Crippen LogP contribution is 2.18. The van der Waals surface area contributed by atoms with Gasteiger partial charge >= 0.3 is 5.97 Å². The quantitative estimate of drug-likeness (QED) is 0.686. The minimum atomic E-state index is -0.683. The highest BCUT2D eigenvalue weighted by Gasteiger charge is 2.21. The van der Waals surface area contributed by atoms with E-state index in [0.29, 0.717) is 6.04 Å². The Hall–Kier alpha value is -0.570. The zero-order valence-corrected chi connectivity index (χ0v) is 10.4. The second-order valence-corrected chi connectivity index (χ2v) is 4.89. The van der Waals surface area contributed by atoms with E-state index >= 15 is 0 Å². The third kappa shape index (κ3) is 4.97. The number of carboxylic acid groups (broad SMARTS) is 1. The molecule has 1 fully saturated rings. The van der Waals surface area contributed by atoms with Crippen LogP contribution < -0.4 is 5.32 Å². The molecule has 3 nitrogen and oxygen atoms in total. The maximum Gasteiger partial charge on any atom is 0.320 e. The Bertz CT molecular complexity index is 198. The van der Waals surface area contributed by atoms with Crippen LogP contribution in [0.15, 0.2) is 0 Å². The van der Waals surface area contributed by atoms with Crippen LogP contribution in [0.5, 0.6) is 0 Å². The molecule has 0 saturated heterocycles. The third-order valence-electron chi connectivity index (χ3n) is 3.44. The Labute approximate surface area is 98.6 Å². The number of nitrogens with one attached hydrogen (secondary N) is 1. The molecule has 16 heavy (non-hydrogen) atoms. The molecule has 1 aliphatic carbocycles. The second kappa shape index (κ2) is 7.66. The predicted octanol–water partition coefficient (Wildman–Crippen LogP) is 2.94. The SMILES string of the molecule is CCCC[C@H](NC1CCCCCC1)C(=O)O. The molecule has 0 aromatic heterocycles. The molecule has 0 aromatic carbocycles. The molecule has 1 atom stereocenters. The van der Waals surface area contributed by atoms with Gasteiger partial charge in [0.15, 0.2) is 0 Å². The molecule has 0 bridgehead atoms. The number of aliphatic carboxylic acids is 1. The molecule has 0 radical (unpaired) electrons. The first-order chi connectivity index (χ1) is 7.74. The summed E-state index contributed by atoms with van der Waals surface area (Å²) in [5, 5.41) is 12.5. The number of carboxylic acids is 1. The highest BCUT2D eigenvalue weighted by atomic mass is 16.4. The Morgan fingerprint density at radius 3 is 2.44 bits per heavy atom. The monoisotopic (exact) mass is 227 g/mol. The number of rotatable bonds is 6. The minimum absolute atomic E-state index is 0.331. The molecular weight excluding hydrogens is 202 g/mol. The van der Waals surface area contributed by atoms with Crippen molar-refractivity contribution in [2.24, 2.45) is 0 Å². The molecule has 0 heterocycles. The minimum Gasteiger partial charge on any atom is -0.480 e. The average molecular weight is 227 g/mol. The molecule has 94 valence electrons. The fourth-order valence-electron chi connectivity index (χ4n) is 2.42. The molecule has 0 amide bonds. The van der Waals surface area contributed by atoms with E-state index in [-0.39, 0.29) is 6.04 Å². The van der Waals surface area contributed by atoms with Gasteiger partial charge in [0, 0.05) is 6.04 Å². The summed E-state index contributed by atoms with van der Waals surface area (Å²) in [6.07, 6.45) is 10.2. The summed E-state index contributed by atoms with van der Waals surface area (Å²) >= 11 is 0. The molecule has 0 aromatic rings. The van der Waals surface area contributed by atoms with Crippen LogP contribution in [-0.4, -0.2) is 23.2 Å². The van der Waals surface area contributed by atoms with E-state index in [1.54, 1.807) is 0 Å². The predicted molar refractivity (Wildman–Crippen MR) is 65.6 cm³/mol. The van der Waals surface area contributed by atoms with Gasteiger partial charge in [0.1, 0.15) is 6.04 Å². The molecule has 3 heteroatoms. The lowest BCUT2D eigenvalue weighted by molar-refractivity contribution is -0.140. The largest absolute Gasteiger partial charge is 0.480 e. The van der Waals surface area contributed by atoms with Crippen LogP contribution in [0.2, 0.25) is 0 Å². The van der Waals surface area contributed by atoms with Gasteiger partial charge in [-0.25, -0.2) is 0 Å². The van der Waals surface area contributed by atoms with Crippen LogP contribution in [-0.2, 0) is 4.79 Å². The first-order valence-corrected chi connectivity index (χ1v) is 6.73. The average Bonchev–Trinajstić information content (AvgIpc) is 2.52. The van der Waals surface area contributed by atoms with E-state index in [1.807, 2.05) is 0 Å². The van der Waals surface area contributed by atoms with E-state index in [9.17, 15) is 4.79 Å². The van der Waals surface area contributed by atoms with Crippen molar-refractivity contribution in [2.75, 3.05) is 0 Å². The zero-order chi connectivity index (χ0) is 11.8. The summed E-state index contributed by atoms with van der Waals surface area (Å²) in [5.74, 6) is -0.683. The molecule has 0 spiro atoms. The third-order valence-corrected chi connectivity index (χ3v) is 3.44. The smallest absolute Gasteiger partial charge is 0.320 e. The van der Waals surface area contributed by atoms with E-state index in [0.717, 1.165) is 32.1 Å². The summed E-state index contributed by atoms with van der Waals surface area (Å²) in [5.41, 5.74) is 0. The first-order valence-electron chi connectivity index (χ1n) is 6.73. The van der Waals surface area contributed by atoms with Gasteiger partial charge in [0.05, 0.1) is 0 Å². The molecule has 1 rings (SSSR count). The van der Waals surface area contributed by atoms with E-state index in [2.05, 4.69) is 12.2 Å². The highest BCUT2D eigenvalue weighted by molar-refractivity contribution is 5.73. The molecule has 1 saturated carbocycles. The standard InChI is InChI=1S/C13H25NO2/c1-2-3-10-12(13(15)16)14-11-8-6-4-5-7-9-11/h11-12,14H,2-10H2,1H3,(H,15,16)/t12-/m0/s1. The fourth-order valence-corrected chi connectivity index (χ4v) is 2.42. The topological polar surface area (TPSA) is 49.3 Å². The van der Waals surface area contributed by atoms with Crippen LogP contribution >= 0.6 is 0 Å². The number of carbonyl (C=O) groups is 1. The zero-order valence-electron chi connectivity index (χ0n) is 10.4. The van der Waals surface area contributed by atoms with Gasteiger partial charge in [-0.1, -0.05) is 45.4 Å². The van der Waals surface area contributed by atoms with Crippen LogP contribution in [0, 0.1) is 0 Å².